The summed E-state index contributed by atoms with van der Waals surface area (Å²) in [6, 6.07) is 19.7. The number of hydrogen-bond donors (Lipinski definition) is 0. The lowest BCUT2D eigenvalue weighted by molar-refractivity contribution is -0.0519. The topological polar surface area (TPSA) is 77.5 Å². The minimum Gasteiger partial charge on any atom is -0.296 e. The van der Waals surface area contributed by atoms with Gasteiger partial charge in [0.05, 0.1) is 13.2 Å². The van der Waals surface area contributed by atoms with E-state index in [0.29, 0.717) is 39.4 Å². The average molecular weight is 535 g/mol. The van der Waals surface area contributed by atoms with Crippen molar-refractivity contribution in [2.75, 3.05) is 39.4 Å². The fraction of sp³-hybridized carbons (Fsp3) is 0.538. The van der Waals surface area contributed by atoms with Crippen LogP contribution in [0.2, 0.25) is 0 Å². The molecular weight excluding hydrogens is 498 g/mol. The third-order valence-electron chi connectivity index (χ3n) is 7.23. The van der Waals surface area contributed by atoms with Crippen molar-refractivity contribution in [2.24, 2.45) is 10.8 Å². The lowest BCUT2D eigenvalue weighted by atomic mass is 9.83. The average Bonchev–Trinajstić information content (AvgIpc) is 2.88. The molecule has 0 radical (unpaired) electrons. The summed E-state index contributed by atoms with van der Waals surface area (Å²) in [5.74, 6) is 0. The van der Waals surface area contributed by atoms with Crippen LogP contribution in [0.15, 0.2) is 60.7 Å². The van der Waals surface area contributed by atoms with E-state index in [4.69, 9.17) is 18.1 Å². The molecule has 0 amide bonds. The van der Waals surface area contributed by atoms with Crippen molar-refractivity contribution in [2.45, 2.75) is 39.9 Å². The minimum absolute atomic E-state index is 0.322. The third-order valence-corrected chi connectivity index (χ3v) is 11.3. The van der Waals surface area contributed by atoms with Crippen LogP contribution in [0, 0.1) is 10.8 Å². The standard InChI is InChI=1S/C26H36N2O6P2/c1-25(2)19-31-35(29,33-23(25)21-11-7-5-8-12-21)27-15-17-28(18-16-27)36(30)32-20-26(3,4)24(34-36)22-13-9-6-10-14-22/h5-14,23-24H,15-20H2,1-4H3/t23-,24+,35-,36+. The van der Waals surface area contributed by atoms with Crippen molar-refractivity contribution in [3.63, 3.8) is 0 Å². The molecule has 5 rings (SSSR count). The van der Waals surface area contributed by atoms with Crippen LogP contribution in [0.5, 0.6) is 0 Å². The summed E-state index contributed by atoms with van der Waals surface area (Å²) in [5.41, 5.74) is 1.30. The molecule has 4 atom stereocenters. The maximum Gasteiger partial charge on any atom is 0.408 e. The first-order chi connectivity index (χ1) is 17.0. The molecule has 3 fully saturated rings. The number of piperazine rings is 1. The molecule has 0 aromatic heterocycles. The smallest absolute Gasteiger partial charge is 0.296 e. The van der Waals surface area contributed by atoms with E-state index >= 15 is 0 Å². The van der Waals surface area contributed by atoms with Gasteiger partial charge in [-0.25, -0.2) is 18.5 Å². The Morgan fingerprint density at radius 3 is 1.31 bits per heavy atom. The predicted octanol–water partition coefficient (Wildman–Crippen LogP) is 6.45. The molecule has 3 heterocycles. The minimum atomic E-state index is -3.52. The zero-order chi connectivity index (χ0) is 25.6. The van der Waals surface area contributed by atoms with E-state index in [1.807, 2.05) is 60.7 Å². The van der Waals surface area contributed by atoms with Crippen LogP contribution >= 0.6 is 15.5 Å². The van der Waals surface area contributed by atoms with Crippen molar-refractivity contribution in [1.82, 2.24) is 9.34 Å². The van der Waals surface area contributed by atoms with Crippen LogP contribution in [0.3, 0.4) is 0 Å². The molecule has 2 aromatic rings. The summed E-state index contributed by atoms with van der Waals surface area (Å²) >= 11 is 0. The number of hydrogen-bond acceptors (Lipinski definition) is 6. The van der Waals surface area contributed by atoms with Crippen molar-refractivity contribution < 1.29 is 27.2 Å². The summed E-state index contributed by atoms with van der Waals surface area (Å²) in [6.07, 6.45) is -0.706. The van der Waals surface area contributed by atoms with Gasteiger partial charge in [-0.15, -0.1) is 0 Å². The molecule has 10 heteroatoms. The highest BCUT2D eigenvalue weighted by molar-refractivity contribution is 7.51. The van der Waals surface area contributed by atoms with Gasteiger partial charge in [-0.1, -0.05) is 88.4 Å². The quantitative estimate of drug-likeness (QED) is 0.415. The zero-order valence-corrected chi connectivity index (χ0v) is 23.2. The van der Waals surface area contributed by atoms with Crippen LogP contribution in [-0.4, -0.2) is 48.7 Å². The first-order valence-corrected chi connectivity index (χ1v) is 15.5. The van der Waals surface area contributed by atoms with E-state index in [0.717, 1.165) is 11.1 Å². The Morgan fingerprint density at radius 1 is 0.639 bits per heavy atom. The number of benzene rings is 2. The lowest BCUT2D eigenvalue weighted by Gasteiger charge is -2.48. The van der Waals surface area contributed by atoms with E-state index in [-0.39, 0.29) is 23.0 Å². The molecule has 0 bridgehead atoms. The van der Waals surface area contributed by atoms with Crippen LogP contribution in [0.4, 0.5) is 0 Å². The second-order valence-corrected chi connectivity index (χ2v) is 15.1. The maximum absolute atomic E-state index is 13.9. The largest absolute Gasteiger partial charge is 0.408 e. The van der Waals surface area contributed by atoms with Gasteiger partial charge in [-0.05, 0) is 11.1 Å². The molecule has 0 spiro atoms. The van der Waals surface area contributed by atoms with Crippen molar-refractivity contribution in [1.29, 1.82) is 0 Å². The number of nitrogens with zero attached hydrogens (tertiary/aromatic N) is 2. The molecule has 0 saturated carbocycles. The summed E-state index contributed by atoms with van der Waals surface area (Å²) in [4.78, 5) is 0. The molecule has 0 aliphatic carbocycles. The lowest BCUT2D eigenvalue weighted by Crippen LogP contribution is -2.47. The Hall–Kier alpha value is -1.34. The van der Waals surface area contributed by atoms with Gasteiger partial charge in [-0.3, -0.25) is 18.1 Å². The Balaban J connectivity index is 1.28. The molecule has 0 N–H and O–H groups in total. The van der Waals surface area contributed by atoms with Gasteiger partial charge in [0.2, 0.25) is 0 Å². The molecule has 196 valence electrons. The summed E-state index contributed by atoms with van der Waals surface area (Å²) in [5, 5.41) is 0. The van der Waals surface area contributed by atoms with Crippen molar-refractivity contribution >= 4 is 15.5 Å². The fourth-order valence-electron chi connectivity index (χ4n) is 5.01. The molecule has 3 aliphatic heterocycles. The highest BCUT2D eigenvalue weighted by atomic mass is 31.2. The third kappa shape index (κ3) is 5.03. The molecule has 0 unspecified atom stereocenters. The van der Waals surface area contributed by atoms with E-state index in [9.17, 15) is 9.13 Å². The Morgan fingerprint density at radius 2 is 0.972 bits per heavy atom. The van der Waals surface area contributed by atoms with E-state index < -0.39 is 15.5 Å². The highest BCUT2D eigenvalue weighted by Gasteiger charge is 2.52. The Kier molecular flexibility index (Phi) is 7.12. The molecular formula is C26H36N2O6P2. The van der Waals surface area contributed by atoms with Gasteiger partial charge in [0.15, 0.2) is 0 Å². The van der Waals surface area contributed by atoms with Gasteiger partial charge >= 0.3 is 15.5 Å². The second kappa shape index (κ2) is 9.76. The molecule has 3 aliphatic rings. The second-order valence-electron chi connectivity index (χ2n) is 11.2. The van der Waals surface area contributed by atoms with E-state index in [1.54, 1.807) is 9.34 Å². The van der Waals surface area contributed by atoms with Crippen LogP contribution in [-0.2, 0) is 27.2 Å². The maximum atomic E-state index is 13.9. The monoisotopic (exact) mass is 534 g/mol. The normalized spacial score (nSPS) is 35.3. The zero-order valence-electron chi connectivity index (χ0n) is 21.4. The van der Waals surface area contributed by atoms with Crippen LogP contribution in [0.25, 0.3) is 0 Å². The highest BCUT2D eigenvalue weighted by Crippen LogP contribution is 2.66. The predicted molar refractivity (Wildman–Crippen MR) is 138 cm³/mol. The first-order valence-electron chi connectivity index (χ1n) is 12.5. The van der Waals surface area contributed by atoms with Crippen LogP contribution < -0.4 is 0 Å². The number of rotatable bonds is 4. The summed E-state index contributed by atoms with van der Waals surface area (Å²) in [7, 11) is -7.05. The fourth-order valence-corrected chi connectivity index (χ4v) is 9.40. The summed E-state index contributed by atoms with van der Waals surface area (Å²) < 4.78 is 55.5. The first kappa shape index (κ1) is 26.3. The Bertz CT molecular complexity index is 1060. The van der Waals surface area contributed by atoms with E-state index in [1.165, 1.54) is 0 Å². The van der Waals surface area contributed by atoms with Gasteiger partial charge in [0.25, 0.3) is 0 Å². The van der Waals surface area contributed by atoms with Crippen molar-refractivity contribution in [3.8, 4) is 0 Å². The molecule has 36 heavy (non-hydrogen) atoms. The van der Waals surface area contributed by atoms with Gasteiger partial charge in [-0.2, -0.15) is 0 Å². The Labute approximate surface area is 214 Å². The summed E-state index contributed by atoms with van der Waals surface area (Å²) in [6.45, 7) is 10.3. The van der Waals surface area contributed by atoms with E-state index in [2.05, 4.69) is 27.7 Å². The SMILES string of the molecule is CC1(C)CO[P@](=O)(N2CCN([P@]3(=O)OCC(C)(C)[C@H](c4ccccc4)O3)CC2)O[C@@H]1c1ccccc1. The van der Waals surface area contributed by atoms with Gasteiger partial charge in [0.1, 0.15) is 12.2 Å². The van der Waals surface area contributed by atoms with Crippen LogP contribution in [0.1, 0.15) is 51.0 Å². The van der Waals surface area contributed by atoms with Crippen molar-refractivity contribution in [3.05, 3.63) is 71.8 Å². The van der Waals surface area contributed by atoms with Gasteiger partial charge < -0.3 is 0 Å². The van der Waals surface area contributed by atoms with Gasteiger partial charge in [0, 0.05) is 37.0 Å². The molecule has 3 saturated heterocycles. The molecule has 8 nitrogen and oxygen atoms in total. The molecule has 2 aromatic carbocycles.